The molecule has 3 aromatic carbocycles. The largest absolute Gasteiger partial charge is 0.497 e. The van der Waals surface area contributed by atoms with Gasteiger partial charge in [-0.2, -0.15) is 0 Å². The van der Waals surface area contributed by atoms with Gasteiger partial charge in [-0.1, -0.05) is 28.1 Å². The number of fused-ring (bicyclic) bond motifs is 1. The lowest BCUT2D eigenvalue weighted by molar-refractivity contribution is 0.402. The molecule has 4 aromatic rings. The number of nitrogens with zero attached hydrogens (tertiary/aromatic N) is 2. The van der Waals surface area contributed by atoms with Gasteiger partial charge in [0, 0.05) is 10.0 Å². The molecule has 5 nitrogen and oxygen atoms in total. The van der Waals surface area contributed by atoms with E-state index in [0.29, 0.717) is 28.2 Å². The second-order valence-electron chi connectivity index (χ2n) is 7.00. The maximum absolute atomic E-state index is 13.4. The Labute approximate surface area is 188 Å². The summed E-state index contributed by atoms with van der Waals surface area (Å²) >= 11 is 3.53. The Hall–Kier alpha value is -3.38. The molecule has 6 heteroatoms. The highest BCUT2D eigenvalue weighted by Gasteiger charge is 2.12. The number of benzene rings is 3. The summed E-state index contributed by atoms with van der Waals surface area (Å²) in [7, 11) is 3.24. The number of halogens is 1. The van der Waals surface area contributed by atoms with E-state index in [4.69, 9.17) is 14.5 Å². The fourth-order valence-electron chi connectivity index (χ4n) is 3.41. The third kappa shape index (κ3) is 4.11. The maximum Gasteiger partial charge on any atom is 0.266 e. The molecule has 31 heavy (non-hydrogen) atoms. The molecule has 0 atom stereocenters. The van der Waals surface area contributed by atoms with E-state index in [-0.39, 0.29) is 5.56 Å². The number of aryl methyl sites for hydroxylation is 1. The van der Waals surface area contributed by atoms with E-state index in [0.717, 1.165) is 21.3 Å². The zero-order chi connectivity index (χ0) is 22.0. The number of para-hydroxylation sites is 1. The van der Waals surface area contributed by atoms with Crippen molar-refractivity contribution in [2.45, 2.75) is 6.92 Å². The normalized spacial score (nSPS) is 11.2. The van der Waals surface area contributed by atoms with Crippen LogP contribution in [0.3, 0.4) is 0 Å². The smallest absolute Gasteiger partial charge is 0.266 e. The lowest BCUT2D eigenvalue weighted by Crippen LogP contribution is -2.22. The summed E-state index contributed by atoms with van der Waals surface area (Å²) in [6.45, 7) is 1.99. The molecule has 0 spiro atoms. The van der Waals surface area contributed by atoms with Gasteiger partial charge in [0.05, 0.1) is 30.8 Å². The standard InChI is InChI=1S/C25H21BrN2O3/c1-16-14-18(9-11-21(16)26)28-24(27-22-7-5-4-6-20(22)25(28)29)13-8-17-15-19(30-2)10-12-23(17)31-3/h4-15H,1-3H3. The molecule has 1 heterocycles. The SMILES string of the molecule is COc1ccc(OC)c(C=Cc2nc3ccccc3c(=O)n2-c2ccc(Br)c(C)c2)c1. The summed E-state index contributed by atoms with van der Waals surface area (Å²) in [5.41, 5.74) is 3.13. The molecule has 0 fully saturated rings. The van der Waals surface area contributed by atoms with Crippen LogP contribution in [0.25, 0.3) is 28.7 Å². The van der Waals surface area contributed by atoms with E-state index in [2.05, 4.69) is 15.9 Å². The summed E-state index contributed by atoms with van der Waals surface area (Å²) < 4.78 is 13.4. The van der Waals surface area contributed by atoms with Crippen LogP contribution in [0, 0.1) is 6.92 Å². The topological polar surface area (TPSA) is 53.4 Å². The number of ether oxygens (including phenoxy) is 2. The van der Waals surface area contributed by atoms with Crippen molar-refractivity contribution < 1.29 is 9.47 Å². The second kappa shape index (κ2) is 8.78. The van der Waals surface area contributed by atoms with Crippen LogP contribution in [0.4, 0.5) is 0 Å². The van der Waals surface area contributed by atoms with Gasteiger partial charge < -0.3 is 9.47 Å². The van der Waals surface area contributed by atoms with Crippen molar-refractivity contribution in [3.63, 3.8) is 0 Å². The number of rotatable bonds is 5. The fraction of sp³-hybridized carbons (Fsp3) is 0.120. The van der Waals surface area contributed by atoms with Crippen molar-refractivity contribution in [3.05, 3.63) is 92.4 Å². The Morgan fingerprint density at radius 1 is 0.968 bits per heavy atom. The van der Waals surface area contributed by atoms with E-state index in [1.807, 2.05) is 73.7 Å². The van der Waals surface area contributed by atoms with Gasteiger partial charge in [0.15, 0.2) is 0 Å². The fourth-order valence-corrected chi connectivity index (χ4v) is 3.66. The van der Waals surface area contributed by atoms with Crippen molar-refractivity contribution in [2.24, 2.45) is 0 Å². The maximum atomic E-state index is 13.4. The van der Waals surface area contributed by atoms with E-state index in [9.17, 15) is 4.79 Å². The quantitative estimate of drug-likeness (QED) is 0.373. The zero-order valence-corrected chi connectivity index (χ0v) is 19.0. The van der Waals surface area contributed by atoms with E-state index < -0.39 is 0 Å². The molecule has 1 aromatic heterocycles. The molecule has 0 saturated carbocycles. The van der Waals surface area contributed by atoms with Crippen LogP contribution < -0.4 is 15.0 Å². The molecule has 156 valence electrons. The monoisotopic (exact) mass is 476 g/mol. The van der Waals surface area contributed by atoms with Gasteiger partial charge in [0.2, 0.25) is 0 Å². The molecule has 0 bridgehead atoms. The second-order valence-corrected chi connectivity index (χ2v) is 7.86. The number of hydrogen-bond acceptors (Lipinski definition) is 4. The molecule has 0 amide bonds. The Kier molecular flexibility index (Phi) is 5.91. The molecule has 0 saturated heterocycles. The first-order valence-electron chi connectivity index (χ1n) is 9.70. The highest BCUT2D eigenvalue weighted by Crippen LogP contribution is 2.26. The zero-order valence-electron chi connectivity index (χ0n) is 17.4. The predicted molar refractivity (Wildman–Crippen MR) is 128 cm³/mol. The Morgan fingerprint density at radius 2 is 1.77 bits per heavy atom. The van der Waals surface area contributed by atoms with Crippen LogP contribution in [0.15, 0.2) is 69.9 Å². The Balaban J connectivity index is 1.94. The lowest BCUT2D eigenvalue weighted by Gasteiger charge is -2.13. The summed E-state index contributed by atoms with van der Waals surface area (Å²) in [4.78, 5) is 18.2. The van der Waals surface area contributed by atoms with Crippen LogP contribution in [-0.4, -0.2) is 23.8 Å². The average molecular weight is 477 g/mol. The first kappa shape index (κ1) is 20.9. The van der Waals surface area contributed by atoms with Crippen LogP contribution >= 0.6 is 15.9 Å². The predicted octanol–water partition coefficient (Wildman–Crippen LogP) is 5.64. The summed E-state index contributed by atoms with van der Waals surface area (Å²) in [6, 6.07) is 18.7. The Morgan fingerprint density at radius 3 is 2.52 bits per heavy atom. The molecule has 0 radical (unpaired) electrons. The van der Waals surface area contributed by atoms with Gasteiger partial charge >= 0.3 is 0 Å². The average Bonchev–Trinajstić information content (AvgIpc) is 2.79. The van der Waals surface area contributed by atoms with Gasteiger partial charge in [0.1, 0.15) is 17.3 Å². The van der Waals surface area contributed by atoms with Crippen molar-refractivity contribution in [1.29, 1.82) is 0 Å². The van der Waals surface area contributed by atoms with E-state index in [1.165, 1.54) is 0 Å². The lowest BCUT2D eigenvalue weighted by atomic mass is 10.1. The molecule has 0 aliphatic rings. The summed E-state index contributed by atoms with van der Waals surface area (Å²) in [6.07, 6.45) is 3.70. The van der Waals surface area contributed by atoms with Gasteiger partial charge in [-0.05, 0) is 73.2 Å². The van der Waals surface area contributed by atoms with Gasteiger partial charge in [0.25, 0.3) is 5.56 Å². The van der Waals surface area contributed by atoms with Crippen LogP contribution in [-0.2, 0) is 0 Å². The van der Waals surface area contributed by atoms with Crippen molar-refractivity contribution in [1.82, 2.24) is 9.55 Å². The minimum atomic E-state index is -0.121. The summed E-state index contributed by atoms with van der Waals surface area (Å²) in [5.74, 6) is 1.94. The third-order valence-corrected chi connectivity index (χ3v) is 5.94. The molecule has 0 aliphatic heterocycles. The molecule has 0 aliphatic carbocycles. The number of aromatic nitrogens is 2. The van der Waals surface area contributed by atoms with Gasteiger partial charge in [-0.3, -0.25) is 9.36 Å². The molecule has 4 rings (SSSR count). The van der Waals surface area contributed by atoms with Crippen molar-refractivity contribution >= 4 is 39.0 Å². The first-order valence-corrected chi connectivity index (χ1v) is 10.5. The van der Waals surface area contributed by atoms with Gasteiger partial charge in [-0.15, -0.1) is 0 Å². The third-order valence-electron chi connectivity index (χ3n) is 5.05. The summed E-state index contributed by atoms with van der Waals surface area (Å²) in [5, 5.41) is 0.569. The minimum absolute atomic E-state index is 0.121. The molecule has 0 N–H and O–H groups in total. The number of hydrogen-bond donors (Lipinski definition) is 0. The molecule has 0 unspecified atom stereocenters. The molecular formula is C25H21BrN2O3. The Bertz CT molecular complexity index is 1360. The minimum Gasteiger partial charge on any atom is -0.497 e. The van der Waals surface area contributed by atoms with Crippen LogP contribution in [0.1, 0.15) is 17.0 Å². The number of methoxy groups -OCH3 is 2. The van der Waals surface area contributed by atoms with E-state index in [1.54, 1.807) is 24.9 Å². The highest BCUT2D eigenvalue weighted by molar-refractivity contribution is 9.10. The van der Waals surface area contributed by atoms with Gasteiger partial charge in [-0.25, -0.2) is 4.98 Å². The van der Waals surface area contributed by atoms with Crippen LogP contribution in [0.2, 0.25) is 0 Å². The molecular weight excluding hydrogens is 456 g/mol. The van der Waals surface area contributed by atoms with Crippen molar-refractivity contribution in [3.8, 4) is 17.2 Å². The highest BCUT2D eigenvalue weighted by atomic mass is 79.9. The van der Waals surface area contributed by atoms with E-state index >= 15 is 0 Å². The first-order chi connectivity index (χ1) is 15.0. The van der Waals surface area contributed by atoms with Crippen LogP contribution in [0.5, 0.6) is 11.5 Å². The van der Waals surface area contributed by atoms with Crippen molar-refractivity contribution in [2.75, 3.05) is 14.2 Å².